The number of nitrogens with zero attached hydrogens (tertiary/aromatic N) is 1. The predicted octanol–water partition coefficient (Wildman–Crippen LogP) is 2.56. The zero-order valence-electron chi connectivity index (χ0n) is 10.9. The fourth-order valence-corrected chi connectivity index (χ4v) is 1.57. The fraction of sp³-hybridized carbons (Fsp3) is 0.308. The van der Waals surface area contributed by atoms with Crippen molar-refractivity contribution in [3.05, 3.63) is 32.8 Å². The number of esters is 1. The Morgan fingerprint density at radius 2 is 2.20 bits per heavy atom. The van der Waals surface area contributed by atoms with E-state index in [9.17, 15) is 14.9 Å². The van der Waals surface area contributed by atoms with Gasteiger partial charge in [-0.1, -0.05) is 23.4 Å². The van der Waals surface area contributed by atoms with Gasteiger partial charge in [-0.05, 0) is 6.92 Å². The van der Waals surface area contributed by atoms with Gasteiger partial charge in [0.25, 0.3) is 0 Å². The zero-order valence-corrected chi connectivity index (χ0v) is 11.7. The average molecular weight is 298 g/mol. The molecule has 0 aliphatic carbocycles. The van der Waals surface area contributed by atoms with Crippen LogP contribution >= 0.6 is 11.6 Å². The van der Waals surface area contributed by atoms with Gasteiger partial charge in [0.1, 0.15) is 6.42 Å². The van der Waals surface area contributed by atoms with Crippen molar-refractivity contribution in [3.63, 3.8) is 0 Å². The minimum Gasteiger partial charge on any atom is -0.490 e. The molecule has 0 aliphatic heterocycles. The van der Waals surface area contributed by atoms with Crippen LogP contribution < -0.4 is 4.74 Å². The molecule has 20 heavy (non-hydrogen) atoms. The van der Waals surface area contributed by atoms with Gasteiger partial charge in [0.05, 0.1) is 29.2 Å². The lowest BCUT2D eigenvalue weighted by molar-refractivity contribution is -0.385. The molecule has 0 aliphatic rings. The molecular formula is C13H12ClNO5. The minimum atomic E-state index is -0.592. The van der Waals surface area contributed by atoms with E-state index in [1.165, 1.54) is 19.2 Å². The highest BCUT2D eigenvalue weighted by atomic mass is 35.5. The van der Waals surface area contributed by atoms with Crippen LogP contribution in [0.15, 0.2) is 12.1 Å². The highest BCUT2D eigenvalue weighted by Gasteiger charge is 2.17. The highest BCUT2D eigenvalue weighted by Crippen LogP contribution is 2.32. The Hall–Kier alpha value is -2.26. The summed E-state index contributed by atoms with van der Waals surface area (Å²) in [6, 6.07) is 2.52. The summed E-state index contributed by atoms with van der Waals surface area (Å²) in [5, 5.41) is 11.1. The second-order valence-electron chi connectivity index (χ2n) is 3.54. The lowest BCUT2D eigenvalue weighted by Crippen LogP contribution is -2.01. The molecule has 0 saturated carbocycles. The van der Waals surface area contributed by atoms with Gasteiger partial charge >= 0.3 is 11.7 Å². The van der Waals surface area contributed by atoms with Gasteiger partial charge in [-0.2, -0.15) is 0 Å². The standard InChI is InChI=1S/C13H12ClNO5/c1-3-20-13(16)6-4-5-9-7-11(15(17)18)12(19-2)8-10(9)14/h7-8H,3,6H2,1-2H3. The maximum atomic E-state index is 11.1. The highest BCUT2D eigenvalue weighted by molar-refractivity contribution is 6.32. The Bertz CT molecular complexity index is 588. The third-order valence-corrected chi connectivity index (χ3v) is 2.54. The van der Waals surface area contributed by atoms with E-state index >= 15 is 0 Å². The van der Waals surface area contributed by atoms with Crippen molar-refractivity contribution in [2.24, 2.45) is 0 Å². The first kappa shape index (κ1) is 15.8. The quantitative estimate of drug-likeness (QED) is 0.369. The number of halogens is 1. The van der Waals surface area contributed by atoms with Crippen molar-refractivity contribution in [1.82, 2.24) is 0 Å². The summed E-state index contributed by atoms with van der Waals surface area (Å²) in [6.45, 7) is 1.96. The van der Waals surface area contributed by atoms with Gasteiger partial charge in [0.15, 0.2) is 5.75 Å². The lowest BCUT2D eigenvalue weighted by Gasteiger charge is -2.03. The molecule has 0 N–H and O–H groups in total. The molecule has 0 bridgehead atoms. The van der Waals surface area contributed by atoms with Gasteiger partial charge in [-0.3, -0.25) is 14.9 Å². The van der Waals surface area contributed by atoms with Crippen LogP contribution in [0, 0.1) is 22.0 Å². The van der Waals surface area contributed by atoms with Crippen LogP contribution in [0.25, 0.3) is 0 Å². The number of methoxy groups -OCH3 is 1. The van der Waals surface area contributed by atoms with E-state index in [1.54, 1.807) is 6.92 Å². The number of ether oxygens (including phenoxy) is 2. The maximum Gasteiger partial charge on any atom is 0.317 e. The summed E-state index contributed by atoms with van der Waals surface area (Å²) in [4.78, 5) is 21.4. The molecule has 0 radical (unpaired) electrons. The summed E-state index contributed by atoms with van der Waals surface area (Å²) < 4.78 is 9.57. The average Bonchev–Trinajstić information content (AvgIpc) is 2.40. The van der Waals surface area contributed by atoms with Crippen LogP contribution in [-0.4, -0.2) is 24.6 Å². The molecule has 7 heteroatoms. The van der Waals surface area contributed by atoms with E-state index in [0.717, 1.165) is 0 Å². The summed E-state index contributed by atoms with van der Waals surface area (Å²) in [5.41, 5.74) is 0.0146. The van der Waals surface area contributed by atoms with Crippen molar-refractivity contribution in [3.8, 4) is 17.6 Å². The Morgan fingerprint density at radius 3 is 2.75 bits per heavy atom. The smallest absolute Gasteiger partial charge is 0.317 e. The first-order chi connectivity index (χ1) is 9.49. The molecule has 0 fully saturated rings. The molecule has 0 saturated heterocycles. The monoisotopic (exact) mass is 297 g/mol. The Labute approximate surface area is 120 Å². The van der Waals surface area contributed by atoms with E-state index in [0.29, 0.717) is 0 Å². The first-order valence-electron chi connectivity index (χ1n) is 5.66. The third kappa shape index (κ3) is 4.14. The Morgan fingerprint density at radius 1 is 1.50 bits per heavy atom. The van der Waals surface area contributed by atoms with E-state index in [4.69, 9.17) is 21.1 Å². The van der Waals surface area contributed by atoms with Gasteiger partial charge in [0.2, 0.25) is 0 Å². The topological polar surface area (TPSA) is 78.7 Å². The summed E-state index contributed by atoms with van der Waals surface area (Å²) in [5.74, 6) is 4.76. The largest absolute Gasteiger partial charge is 0.490 e. The maximum absolute atomic E-state index is 11.1. The number of carbonyl (C=O) groups is 1. The van der Waals surface area contributed by atoms with E-state index in [1.807, 2.05) is 0 Å². The van der Waals surface area contributed by atoms with Crippen molar-refractivity contribution in [2.45, 2.75) is 13.3 Å². The Kier molecular flexibility index (Phi) is 5.81. The molecule has 106 valence electrons. The van der Waals surface area contributed by atoms with Crippen LogP contribution in [0.2, 0.25) is 5.02 Å². The molecular weight excluding hydrogens is 286 g/mol. The predicted molar refractivity (Wildman–Crippen MR) is 72.8 cm³/mol. The number of nitro groups is 1. The van der Waals surface area contributed by atoms with Gasteiger partial charge < -0.3 is 9.47 Å². The third-order valence-electron chi connectivity index (χ3n) is 2.23. The zero-order chi connectivity index (χ0) is 15.1. The van der Waals surface area contributed by atoms with Gasteiger partial charge in [-0.25, -0.2) is 0 Å². The molecule has 0 unspecified atom stereocenters. The molecule has 0 atom stereocenters. The molecule has 0 heterocycles. The summed E-state index contributed by atoms with van der Waals surface area (Å²) in [7, 11) is 1.31. The molecule has 1 aromatic carbocycles. The molecule has 0 aromatic heterocycles. The number of benzene rings is 1. The van der Waals surface area contributed by atoms with E-state index in [2.05, 4.69) is 11.8 Å². The second kappa shape index (κ2) is 7.36. The molecule has 1 aromatic rings. The summed E-state index contributed by atoms with van der Waals surface area (Å²) in [6.07, 6.45) is -0.107. The van der Waals surface area contributed by atoms with E-state index in [-0.39, 0.29) is 35.1 Å². The normalized spacial score (nSPS) is 9.35. The number of rotatable bonds is 4. The number of hydrogen-bond donors (Lipinski definition) is 0. The fourth-order valence-electron chi connectivity index (χ4n) is 1.37. The van der Waals surface area contributed by atoms with Gasteiger partial charge in [0, 0.05) is 12.1 Å². The van der Waals surface area contributed by atoms with Crippen LogP contribution in [-0.2, 0) is 9.53 Å². The number of nitro benzene ring substituents is 1. The SMILES string of the molecule is CCOC(=O)CC#Cc1cc([N+](=O)[O-])c(OC)cc1Cl. The molecule has 6 nitrogen and oxygen atoms in total. The number of hydrogen-bond acceptors (Lipinski definition) is 5. The van der Waals surface area contributed by atoms with Crippen LogP contribution in [0.5, 0.6) is 5.75 Å². The van der Waals surface area contributed by atoms with E-state index < -0.39 is 10.9 Å². The van der Waals surface area contributed by atoms with Gasteiger partial charge in [-0.15, -0.1) is 0 Å². The minimum absolute atomic E-state index is 0.0518. The first-order valence-corrected chi connectivity index (χ1v) is 6.03. The van der Waals surface area contributed by atoms with Crippen LogP contribution in [0.1, 0.15) is 18.9 Å². The molecule has 0 spiro atoms. The number of carbonyl (C=O) groups excluding carboxylic acids is 1. The second-order valence-corrected chi connectivity index (χ2v) is 3.95. The van der Waals surface area contributed by atoms with Crippen molar-refractivity contribution in [1.29, 1.82) is 0 Å². The van der Waals surface area contributed by atoms with Crippen LogP contribution in [0.4, 0.5) is 5.69 Å². The summed E-state index contributed by atoms with van der Waals surface area (Å²) >= 11 is 5.94. The van der Waals surface area contributed by atoms with Crippen LogP contribution in [0.3, 0.4) is 0 Å². The molecule has 0 amide bonds. The van der Waals surface area contributed by atoms with Crippen molar-refractivity contribution >= 4 is 23.3 Å². The lowest BCUT2D eigenvalue weighted by atomic mass is 10.2. The molecule has 1 rings (SSSR count). The Balaban J connectivity index is 3.02. The van der Waals surface area contributed by atoms with Crippen molar-refractivity contribution in [2.75, 3.05) is 13.7 Å². The van der Waals surface area contributed by atoms with Crippen molar-refractivity contribution < 1.29 is 19.2 Å².